The third-order valence-corrected chi connectivity index (χ3v) is 8.85. The monoisotopic (exact) mass is 486 g/mol. The highest BCUT2D eigenvalue weighted by Crippen LogP contribution is 2.77. The Morgan fingerprint density at radius 3 is 1.24 bits per heavy atom. The molecule has 2 heteroatoms. The van der Waals surface area contributed by atoms with Crippen molar-refractivity contribution in [3.63, 3.8) is 0 Å². The lowest BCUT2D eigenvalue weighted by Gasteiger charge is -2.72. The van der Waals surface area contributed by atoms with E-state index in [0.29, 0.717) is 0 Å². The third-order valence-electron chi connectivity index (χ3n) is 8.07. The summed E-state index contributed by atoms with van der Waals surface area (Å²) in [6.45, 7) is 14.2. The van der Waals surface area contributed by atoms with Gasteiger partial charge in [-0.25, -0.2) is 0 Å². The number of hydrogen-bond donors (Lipinski definition) is 0. The van der Waals surface area contributed by atoms with Crippen LogP contribution in [-0.2, 0) is 10.8 Å². The fourth-order valence-corrected chi connectivity index (χ4v) is 8.44. The maximum atomic E-state index is 7.41. The SMILES string of the molecule is CC(C)(C)C1(C(C)(C)C)c2c(c(Cl)c3ccccc3c2Cl)C1(c1ccccc1)c1ccccc1. The summed E-state index contributed by atoms with van der Waals surface area (Å²) in [5.74, 6) is 0. The Balaban J connectivity index is 2.13. The Morgan fingerprint density at radius 2 is 0.853 bits per heavy atom. The van der Waals surface area contributed by atoms with Crippen molar-refractivity contribution >= 4 is 34.0 Å². The Kier molecular flexibility index (Phi) is 5.25. The molecule has 0 atom stereocenters. The van der Waals surface area contributed by atoms with Crippen molar-refractivity contribution < 1.29 is 0 Å². The minimum atomic E-state index is -0.466. The van der Waals surface area contributed by atoms with E-state index in [4.69, 9.17) is 23.2 Å². The summed E-state index contributed by atoms with van der Waals surface area (Å²) in [7, 11) is 0. The lowest BCUT2D eigenvalue weighted by atomic mass is 9.30. The standard InChI is InChI=1S/C32H32Cl2/c1-29(2,3)32(30(4,5)6)26-25(27(33)23-19-13-14-20-24(23)28(26)34)31(32,21-15-9-7-10-16-21)22-17-11-8-12-18-22/h7-20H,1-6H3. The Bertz CT molecular complexity index is 1320. The number of rotatable bonds is 2. The minimum Gasteiger partial charge on any atom is -0.0833 e. The molecule has 0 unspecified atom stereocenters. The molecule has 0 N–H and O–H groups in total. The molecule has 0 aliphatic heterocycles. The average molecular weight is 488 g/mol. The summed E-state index contributed by atoms with van der Waals surface area (Å²) >= 11 is 14.8. The van der Waals surface area contributed by atoms with Crippen LogP contribution in [0.25, 0.3) is 10.8 Å². The molecule has 0 radical (unpaired) electrons. The summed E-state index contributed by atoms with van der Waals surface area (Å²) in [5.41, 5.74) is 3.78. The molecule has 4 aromatic carbocycles. The highest BCUT2D eigenvalue weighted by Gasteiger charge is 2.74. The second-order valence-corrected chi connectivity index (χ2v) is 12.4. The van der Waals surface area contributed by atoms with Gasteiger partial charge in [-0.05, 0) is 33.1 Å². The van der Waals surface area contributed by atoms with Crippen molar-refractivity contribution in [2.75, 3.05) is 0 Å². The molecule has 0 nitrogen and oxygen atoms in total. The first-order valence-electron chi connectivity index (χ1n) is 12.0. The molecule has 4 aromatic rings. The molecular weight excluding hydrogens is 455 g/mol. The number of hydrogen-bond acceptors (Lipinski definition) is 0. The van der Waals surface area contributed by atoms with E-state index in [2.05, 4.69) is 114 Å². The smallest absolute Gasteiger partial charge is 0.0576 e. The van der Waals surface area contributed by atoms with Crippen LogP contribution in [-0.4, -0.2) is 0 Å². The van der Waals surface area contributed by atoms with Gasteiger partial charge in [0, 0.05) is 16.2 Å². The van der Waals surface area contributed by atoms with E-state index in [1.807, 2.05) is 12.1 Å². The molecule has 0 saturated heterocycles. The fraction of sp³-hybridized carbons (Fsp3) is 0.312. The second kappa shape index (κ2) is 7.61. The predicted molar refractivity (Wildman–Crippen MR) is 147 cm³/mol. The third kappa shape index (κ3) is 2.68. The quantitative estimate of drug-likeness (QED) is 0.264. The highest BCUT2D eigenvalue weighted by atomic mass is 35.5. The molecule has 5 rings (SSSR count). The largest absolute Gasteiger partial charge is 0.0833 e. The van der Waals surface area contributed by atoms with Gasteiger partial charge in [0.25, 0.3) is 0 Å². The van der Waals surface area contributed by atoms with Gasteiger partial charge in [-0.2, -0.15) is 0 Å². The number of benzene rings is 4. The van der Waals surface area contributed by atoms with Gasteiger partial charge in [-0.15, -0.1) is 0 Å². The first-order valence-corrected chi connectivity index (χ1v) is 12.8. The van der Waals surface area contributed by atoms with Crippen LogP contribution in [0, 0.1) is 10.8 Å². The molecule has 0 bridgehead atoms. The second-order valence-electron chi connectivity index (χ2n) is 11.7. The molecular formula is C32H32Cl2. The summed E-state index contributed by atoms with van der Waals surface area (Å²) in [6, 6.07) is 30.1. The molecule has 0 heterocycles. The van der Waals surface area contributed by atoms with Crippen LogP contribution in [0.1, 0.15) is 63.8 Å². The fourth-order valence-electron chi connectivity index (χ4n) is 7.64. The topological polar surface area (TPSA) is 0 Å². The van der Waals surface area contributed by atoms with Gasteiger partial charge >= 0.3 is 0 Å². The van der Waals surface area contributed by atoms with Gasteiger partial charge in [0.1, 0.15) is 0 Å². The summed E-state index contributed by atoms with van der Waals surface area (Å²) in [5, 5.41) is 3.69. The number of halogens is 2. The van der Waals surface area contributed by atoms with Crippen LogP contribution in [0.5, 0.6) is 0 Å². The van der Waals surface area contributed by atoms with Crippen LogP contribution in [0.4, 0.5) is 0 Å². The minimum absolute atomic E-state index is 0.140. The van der Waals surface area contributed by atoms with E-state index >= 15 is 0 Å². The first-order chi connectivity index (χ1) is 16.0. The molecule has 1 aliphatic rings. The van der Waals surface area contributed by atoms with E-state index in [-0.39, 0.29) is 16.2 Å². The maximum Gasteiger partial charge on any atom is 0.0576 e. The van der Waals surface area contributed by atoms with Crippen LogP contribution in [0.15, 0.2) is 84.9 Å². The normalized spacial score (nSPS) is 16.7. The van der Waals surface area contributed by atoms with Crippen LogP contribution in [0.3, 0.4) is 0 Å². The van der Waals surface area contributed by atoms with Crippen LogP contribution in [0.2, 0.25) is 10.0 Å². The Morgan fingerprint density at radius 1 is 0.500 bits per heavy atom. The van der Waals surface area contributed by atoms with E-state index < -0.39 is 5.41 Å². The van der Waals surface area contributed by atoms with Crippen molar-refractivity contribution in [2.24, 2.45) is 10.8 Å². The molecule has 0 saturated carbocycles. The lowest BCUT2D eigenvalue weighted by Crippen LogP contribution is -2.71. The molecule has 0 spiro atoms. The molecule has 0 aromatic heterocycles. The van der Waals surface area contributed by atoms with Gasteiger partial charge in [-0.3, -0.25) is 0 Å². The zero-order valence-corrected chi connectivity index (χ0v) is 22.4. The zero-order valence-electron chi connectivity index (χ0n) is 20.8. The van der Waals surface area contributed by atoms with Crippen molar-refractivity contribution in [1.82, 2.24) is 0 Å². The summed E-state index contributed by atoms with van der Waals surface area (Å²) in [4.78, 5) is 0. The van der Waals surface area contributed by atoms with Crippen molar-refractivity contribution in [2.45, 2.75) is 52.4 Å². The van der Waals surface area contributed by atoms with Crippen LogP contribution < -0.4 is 0 Å². The van der Waals surface area contributed by atoms with E-state index in [0.717, 1.165) is 26.4 Å². The molecule has 0 fully saturated rings. The van der Waals surface area contributed by atoms with E-state index in [1.54, 1.807) is 0 Å². The summed E-state index contributed by atoms with van der Waals surface area (Å²) in [6.07, 6.45) is 0. The van der Waals surface area contributed by atoms with E-state index in [1.165, 1.54) is 16.7 Å². The average Bonchev–Trinajstić information content (AvgIpc) is 2.77. The zero-order chi connectivity index (χ0) is 24.5. The number of fused-ring (bicyclic) bond motifs is 2. The first kappa shape index (κ1) is 23.5. The molecule has 1 aliphatic carbocycles. The van der Waals surface area contributed by atoms with Crippen molar-refractivity contribution in [3.05, 3.63) is 117 Å². The van der Waals surface area contributed by atoms with Gasteiger partial charge in [0.05, 0.1) is 15.5 Å². The van der Waals surface area contributed by atoms with E-state index in [9.17, 15) is 0 Å². The van der Waals surface area contributed by atoms with Crippen LogP contribution >= 0.6 is 23.2 Å². The van der Waals surface area contributed by atoms with Gasteiger partial charge < -0.3 is 0 Å². The maximum absolute atomic E-state index is 7.41. The van der Waals surface area contributed by atoms with Crippen molar-refractivity contribution in [3.8, 4) is 0 Å². The highest BCUT2D eigenvalue weighted by molar-refractivity contribution is 6.42. The Labute approximate surface area is 213 Å². The van der Waals surface area contributed by atoms with Crippen molar-refractivity contribution in [1.29, 1.82) is 0 Å². The van der Waals surface area contributed by atoms with Gasteiger partial charge in [-0.1, -0.05) is 150 Å². The van der Waals surface area contributed by atoms with Gasteiger partial charge in [0.2, 0.25) is 0 Å². The molecule has 34 heavy (non-hydrogen) atoms. The predicted octanol–water partition coefficient (Wildman–Crippen LogP) is 9.82. The molecule has 0 amide bonds. The molecule has 174 valence electrons. The van der Waals surface area contributed by atoms with Gasteiger partial charge in [0.15, 0.2) is 0 Å². The lowest BCUT2D eigenvalue weighted by molar-refractivity contribution is -0.0237. The Hall–Kier alpha value is -2.28. The summed E-state index contributed by atoms with van der Waals surface area (Å²) < 4.78 is 0.